The lowest BCUT2D eigenvalue weighted by molar-refractivity contribution is 0.420. The molecule has 0 bridgehead atoms. The average Bonchev–Trinajstić information content (AvgIpc) is 2.08. The number of hydrogen-bond acceptors (Lipinski definition) is 0. The Hall–Kier alpha value is -0.520. The maximum atomic E-state index is 2.31. The van der Waals surface area contributed by atoms with Crippen LogP contribution in [-0.4, -0.2) is 0 Å². The van der Waals surface area contributed by atoms with Gasteiger partial charge in [0.05, 0.1) is 0 Å². The van der Waals surface area contributed by atoms with E-state index >= 15 is 0 Å². The van der Waals surface area contributed by atoms with Crippen LogP contribution < -0.4 is 0 Å². The summed E-state index contributed by atoms with van der Waals surface area (Å²) in [6.07, 6.45) is 15.3. The Balaban J connectivity index is 3.36. The van der Waals surface area contributed by atoms with Crippen LogP contribution in [0.3, 0.4) is 0 Å². The molecule has 0 aromatic heterocycles. The molecule has 0 saturated heterocycles. The molecule has 0 atom stereocenters. The Labute approximate surface area is 90.1 Å². The van der Waals surface area contributed by atoms with Gasteiger partial charge in [0.15, 0.2) is 0 Å². The van der Waals surface area contributed by atoms with E-state index in [2.05, 4.69) is 52.0 Å². The van der Waals surface area contributed by atoms with Gasteiger partial charge in [-0.2, -0.15) is 0 Å². The minimum absolute atomic E-state index is 0.439. The van der Waals surface area contributed by atoms with Gasteiger partial charge in [-0.1, -0.05) is 58.4 Å². The molecule has 0 rings (SSSR count). The second-order valence-corrected chi connectivity index (χ2v) is 5.07. The van der Waals surface area contributed by atoms with Crippen LogP contribution in [0.2, 0.25) is 0 Å². The maximum Gasteiger partial charge on any atom is -0.0302 e. The second kappa shape index (κ2) is 7.84. The highest BCUT2D eigenvalue weighted by atomic mass is 14.1. The van der Waals surface area contributed by atoms with E-state index in [0.717, 1.165) is 0 Å². The molecular formula is C14H26. The summed E-state index contributed by atoms with van der Waals surface area (Å²) in [5.74, 6) is 0. The zero-order valence-electron chi connectivity index (χ0n) is 10.3. The summed E-state index contributed by atoms with van der Waals surface area (Å²) in [5.41, 5.74) is 0.439. The van der Waals surface area contributed by atoms with E-state index in [4.69, 9.17) is 0 Å². The third-order valence-corrected chi connectivity index (χ3v) is 2.02. The summed E-state index contributed by atoms with van der Waals surface area (Å²) in [4.78, 5) is 0. The van der Waals surface area contributed by atoms with Crippen LogP contribution in [0.4, 0.5) is 0 Å². The normalized spacial score (nSPS) is 13.1. The molecule has 82 valence electrons. The smallest absolute Gasteiger partial charge is 0.0302 e. The van der Waals surface area contributed by atoms with E-state index in [0.29, 0.717) is 5.41 Å². The molecule has 0 aliphatic rings. The first kappa shape index (κ1) is 13.5. The van der Waals surface area contributed by atoms with Gasteiger partial charge in [-0.3, -0.25) is 0 Å². The molecule has 0 aliphatic heterocycles. The highest BCUT2D eigenvalue weighted by Crippen LogP contribution is 2.18. The predicted octanol–water partition coefficient (Wildman–Crippen LogP) is 5.12. The predicted molar refractivity (Wildman–Crippen MR) is 66.5 cm³/mol. The first-order valence-electron chi connectivity index (χ1n) is 5.86. The molecule has 0 saturated carbocycles. The number of allylic oxidation sites excluding steroid dienone is 4. The van der Waals surface area contributed by atoms with E-state index in [-0.39, 0.29) is 0 Å². The highest BCUT2D eigenvalue weighted by Gasteiger charge is 2.05. The second-order valence-electron chi connectivity index (χ2n) is 5.07. The van der Waals surface area contributed by atoms with Gasteiger partial charge in [-0.15, -0.1) is 0 Å². The molecular weight excluding hydrogens is 168 g/mol. The van der Waals surface area contributed by atoms with Crippen molar-refractivity contribution >= 4 is 0 Å². The topological polar surface area (TPSA) is 0 Å². The quantitative estimate of drug-likeness (QED) is 0.407. The Bertz CT molecular complexity index is 167. The molecule has 0 heteroatoms. The van der Waals surface area contributed by atoms with Crippen molar-refractivity contribution < 1.29 is 0 Å². The van der Waals surface area contributed by atoms with Crippen LogP contribution in [0.25, 0.3) is 0 Å². The fraction of sp³-hybridized carbons (Fsp3) is 0.714. The Morgan fingerprint density at radius 1 is 0.786 bits per heavy atom. The van der Waals surface area contributed by atoms with E-state index in [1.165, 1.54) is 32.1 Å². The lowest BCUT2D eigenvalue weighted by Gasteiger charge is -2.14. The maximum absolute atomic E-state index is 2.31. The first-order chi connectivity index (χ1) is 6.56. The summed E-state index contributed by atoms with van der Waals surface area (Å²) in [5, 5.41) is 0. The van der Waals surface area contributed by atoms with Gasteiger partial charge in [-0.25, -0.2) is 0 Å². The summed E-state index contributed by atoms with van der Waals surface area (Å²) < 4.78 is 0. The van der Waals surface area contributed by atoms with Gasteiger partial charge in [-0.05, 0) is 31.1 Å². The third kappa shape index (κ3) is 11.5. The van der Waals surface area contributed by atoms with Crippen molar-refractivity contribution in [2.45, 2.75) is 59.8 Å². The third-order valence-electron chi connectivity index (χ3n) is 2.02. The fourth-order valence-corrected chi connectivity index (χ4v) is 1.15. The van der Waals surface area contributed by atoms with Crippen molar-refractivity contribution in [3.63, 3.8) is 0 Å². The Morgan fingerprint density at radius 2 is 1.29 bits per heavy atom. The van der Waals surface area contributed by atoms with Gasteiger partial charge < -0.3 is 0 Å². The molecule has 14 heavy (non-hydrogen) atoms. The van der Waals surface area contributed by atoms with Crippen molar-refractivity contribution in [3.8, 4) is 0 Å². The molecule has 0 aliphatic carbocycles. The number of hydrogen-bond donors (Lipinski definition) is 0. The van der Waals surface area contributed by atoms with Crippen molar-refractivity contribution in [1.82, 2.24) is 0 Å². The molecule has 0 aromatic carbocycles. The van der Waals surface area contributed by atoms with Gasteiger partial charge in [0.1, 0.15) is 0 Å². The molecule has 0 heterocycles. The van der Waals surface area contributed by atoms with Crippen LogP contribution >= 0.6 is 0 Å². The zero-order chi connectivity index (χ0) is 10.9. The summed E-state index contributed by atoms with van der Waals surface area (Å²) >= 11 is 0. The van der Waals surface area contributed by atoms with E-state index in [1.807, 2.05) is 0 Å². The van der Waals surface area contributed by atoms with E-state index < -0.39 is 0 Å². The van der Waals surface area contributed by atoms with Crippen molar-refractivity contribution in [2.75, 3.05) is 0 Å². The fourth-order valence-electron chi connectivity index (χ4n) is 1.15. The molecule has 0 spiro atoms. The molecule has 0 amide bonds. The van der Waals surface area contributed by atoms with Crippen LogP contribution in [0, 0.1) is 5.41 Å². The Morgan fingerprint density at radius 3 is 1.79 bits per heavy atom. The largest absolute Gasteiger partial charge is 0.0885 e. The van der Waals surface area contributed by atoms with Gasteiger partial charge in [0.2, 0.25) is 0 Å². The van der Waals surface area contributed by atoms with Crippen LogP contribution in [0.5, 0.6) is 0 Å². The van der Waals surface area contributed by atoms with E-state index in [9.17, 15) is 0 Å². The summed E-state index contributed by atoms with van der Waals surface area (Å²) in [7, 11) is 0. The summed E-state index contributed by atoms with van der Waals surface area (Å²) in [6.45, 7) is 9.04. The van der Waals surface area contributed by atoms with Crippen molar-refractivity contribution in [2.24, 2.45) is 5.41 Å². The van der Waals surface area contributed by atoms with Crippen molar-refractivity contribution in [3.05, 3.63) is 24.3 Å². The molecule has 0 nitrogen and oxygen atoms in total. The Kier molecular flexibility index (Phi) is 7.55. The minimum Gasteiger partial charge on any atom is -0.0885 e. The molecule has 0 aromatic rings. The molecule has 0 radical (unpaired) electrons. The number of unbranched alkanes of at least 4 members (excludes halogenated alkanes) is 2. The molecule has 0 unspecified atom stereocenters. The standard InChI is InChI=1S/C14H26/c1-5-6-7-8-9-10-11-12-13-14(2,3)4/h7-8,11-12H,5-6,9-10,13H2,1-4H3/b8-7+,12-11+. The SMILES string of the molecule is CCC/C=C/CC/C=C/CC(C)(C)C. The van der Waals surface area contributed by atoms with Crippen LogP contribution in [0.15, 0.2) is 24.3 Å². The average molecular weight is 194 g/mol. The van der Waals surface area contributed by atoms with Crippen LogP contribution in [0.1, 0.15) is 59.8 Å². The summed E-state index contributed by atoms with van der Waals surface area (Å²) in [6, 6.07) is 0. The number of rotatable bonds is 6. The lowest BCUT2D eigenvalue weighted by Crippen LogP contribution is -2.01. The monoisotopic (exact) mass is 194 g/mol. The zero-order valence-corrected chi connectivity index (χ0v) is 10.3. The molecule has 0 fully saturated rings. The highest BCUT2D eigenvalue weighted by molar-refractivity contribution is 4.89. The molecule has 0 N–H and O–H groups in total. The first-order valence-corrected chi connectivity index (χ1v) is 5.86. The van der Waals surface area contributed by atoms with E-state index in [1.54, 1.807) is 0 Å². The minimum atomic E-state index is 0.439. The van der Waals surface area contributed by atoms with Gasteiger partial charge in [0.25, 0.3) is 0 Å². The van der Waals surface area contributed by atoms with Crippen LogP contribution in [-0.2, 0) is 0 Å². The van der Waals surface area contributed by atoms with Gasteiger partial charge in [0, 0.05) is 0 Å². The lowest BCUT2D eigenvalue weighted by atomic mass is 9.92. The van der Waals surface area contributed by atoms with Gasteiger partial charge >= 0.3 is 0 Å². The van der Waals surface area contributed by atoms with Crippen molar-refractivity contribution in [1.29, 1.82) is 0 Å².